The van der Waals surface area contributed by atoms with Gasteiger partial charge in [0, 0.05) is 17.7 Å². The Bertz CT molecular complexity index is 745. The lowest BCUT2D eigenvalue weighted by atomic mass is 9.65. The fourth-order valence-corrected chi connectivity index (χ4v) is 3.96. The topological polar surface area (TPSA) is 111 Å². The predicted octanol–water partition coefficient (Wildman–Crippen LogP) is 5.53. The molecule has 2 unspecified atom stereocenters. The molecule has 1 saturated carbocycles. The number of non-ortho nitro benzene ring substituents is 1. The largest absolute Gasteiger partial charge is 0.301 e. The van der Waals surface area contributed by atoms with Crippen LogP contribution in [0.25, 0.3) is 0 Å². The molecule has 0 saturated heterocycles. The molecule has 1 N–H and O–H groups in total. The van der Waals surface area contributed by atoms with Gasteiger partial charge in [0.25, 0.3) is 5.69 Å². The van der Waals surface area contributed by atoms with Crippen LogP contribution in [0.15, 0.2) is 23.3 Å². The van der Waals surface area contributed by atoms with E-state index in [0.29, 0.717) is 11.8 Å². The van der Waals surface area contributed by atoms with Crippen molar-refractivity contribution in [1.29, 1.82) is 0 Å². The standard InChI is InChI=1S/C19H28N4O4/c1-5-10-19(3,4)15-11-13(2)6-8-16(15)20-21-17-9-7-14(22(24)25)12-18(17)23(26)27/h7,9,12-13,15,21H,5-6,8,10-11H2,1-4H3/b20-16-. The molecule has 1 aliphatic rings. The van der Waals surface area contributed by atoms with Crippen molar-refractivity contribution in [2.45, 2.75) is 59.8 Å². The molecule has 0 heterocycles. The summed E-state index contributed by atoms with van der Waals surface area (Å²) in [5, 5.41) is 26.7. The van der Waals surface area contributed by atoms with Crippen LogP contribution in [0.1, 0.15) is 59.8 Å². The first kappa shape index (κ1) is 20.8. The minimum Gasteiger partial charge on any atom is -0.272 e. The number of rotatable bonds is 7. The van der Waals surface area contributed by atoms with Crippen molar-refractivity contribution in [3.63, 3.8) is 0 Å². The number of benzene rings is 1. The highest BCUT2D eigenvalue weighted by molar-refractivity contribution is 5.89. The van der Waals surface area contributed by atoms with Crippen molar-refractivity contribution < 1.29 is 9.85 Å². The van der Waals surface area contributed by atoms with E-state index in [4.69, 9.17) is 0 Å². The van der Waals surface area contributed by atoms with Crippen LogP contribution < -0.4 is 5.43 Å². The lowest BCUT2D eigenvalue weighted by molar-refractivity contribution is -0.393. The molecule has 1 fully saturated rings. The molecule has 0 spiro atoms. The normalized spacial score (nSPS) is 21.9. The Labute approximate surface area is 159 Å². The molecule has 8 nitrogen and oxygen atoms in total. The van der Waals surface area contributed by atoms with Crippen molar-refractivity contribution in [2.75, 3.05) is 5.43 Å². The number of hydrogen-bond acceptors (Lipinski definition) is 6. The first-order valence-electron chi connectivity index (χ1n) is 9.41. The van der Waals surface area contributed by atoms with Crippen LogP contribution in [0.4, 0.5) is 17.1 Å². The number of anilines is 1. The van der Waals surface area contributed by atoms with E-state index in [9.17, 15) is 20.2 Å². The average molecular weight is 376 g/mol. The Hall–Kier alpha value is -2.51. The van der Waals surface area contributed by atoms with Crippen LogP contribution in [0.3, 0.4) is 0 Å². The van der Waals surface area contributed by atoms with Gasteiger partial charge in [-0.05, 0) is 43.1 Å². The monoisotopic (exact) mass is 376 g/mol. The first-order valence-corrected chi connectivity index (χ1v) is 9.41. The number of nitrogens with one attached hydrogen (secondary N) is 1. The van der Waals surface area contributed by atoms with Gasteiger partial charge in [-0.3, -0.25) is 25.7 Å². The highest BCUT2D eigenvalue weighted by Crippen LogP contribution is 2.42. The molecule has 1 aromatic carbocycles. The van der Waals surface area contributed by atoms with Gasteiger partial charge >= 0.3 is 5.69 Å². The van der Waals surface area contributed by atoms with Gasteiger partial charge in [-0.2, -0.15) is 5.10 Å². The third-order valence-electron chi connectivity index (χ3n) is 5.48. The lowest BCUT2D eigenvalue weighted by Gasteiger charge is -2.40. The van der Waals surface area contributed by atoms with Crippen LogP contribution >= 0.6 is 0 Å². The van der Waals surface area contributed by atoms with E-state index in [2.05, 4.69) is 38.2 Å². The third-order valence-corrected chi connectivity index (χ3v) is 5.48. The van der Waals surface area contributed by atoms with E-state index in [1.807, 2.05) is 0 Å². The molecule has 2 rings (SSSR count). The fourth-order valence-electron chi connectivity index (χ4n) is 3.96. The summed E-state index contributed by atoms with van der Waals surface area (Å²) in [5.74, 6) is 0.935. The summed E-state index contributed by atoms with van der Waals surface area (Å²) >= 11 is 0. The van der Waals surface area contributed by atoms with E-state index in [1.165, 1.54) is 12.1 Å². The maximum absolute atomic E-state index is 11.3. The van der Waals surface area contributed by atoms with Crippen molar-refractivity contribution >= 4 is 22.8 Å². The smallest absolute Gasteiger partial charge is 0.272 e. The zero-order chi connectivity index (χ0) is 20.2. The maximum atomic E-state index is 11.3. The Morgan fingerprint density at radius 2 is 1.96 bits per heavy atom. The quantitative estimate of drug-likeness (QED) is 0.496. The van der Waals surface area contributed by atoms with Gasteiger partial charge in [0.05, 0.1) is 15.9 Å². The highest BCUT2D eigenvalue weighted by Gasteiger charge is 2.36. The summed E-state index contributed by atoms with van der Waals surface area (Å²) < 4.78 is 0. The van der Waals surface area contributed by atoms with E-state index in [-0.39, 0.29) is 22.5 Å². The molecular formula is C19H28N4O4. The molecule has 8 heteroatoms. The van der Waals surface area contributed by atoms with Gasteiger partial charge in [-0.25, -0.2) is 0 Å². The average Bonchev–Trinajstić information content (AvgIpc) is 2.60. The van der Waals surface area contributed by atoms with Crippen molar-refractivity contribution in [2.24, 2.45) is 22.4 Å². The van der Waals surface area contributed by atoms with E-state index in [1.54, 1.807) is 0 Å². The summed E-state index contributed by atoms with van der Waals surface area (Å²) in [4.78, 5) is 20.9. The molecule has 0 aliphatic heterocycles. The molecule has 0 amide bonds. The molecule has 2 atom stereocenters. The van der Waals surface area contributed by atoms with Gasteiger partial charge in [0.1, 0.15) is 5.69 Å². The van der Waals surface area contributed by atoms with Crippen molar-refractivity contribution in [3.05, 3.63) is 38.4 Å². The van der Waals surface area contributed by atoms with Crippen LogP contribution in [0.5, 0.6) is 0 Å². The second-order valence-corrected chi connectivity index (χ2v) is 8.10. The van der Waals surface area contributed by atoms with Gasteiger partial charge in [-0.1, -0.05) is 34.1 Å². The molecule has 27 heavy (non-hydrogen) atoms. The summed E-state index contributed by atoms with van der Waals surface area (Å²) in [7, 11) is 0. The summed E-state index contributed by atoms with van der Waals surface area (Å²) in [5.41, 5.74) is 3.46. The third kappa shape index (κ3) is 5.02. The molecule has 0 aromatic heterocycles. The minimum absolute atomic E-state index is 0.103. The number of nitro groups is 2. The van der Waals surface area contributed by atoms with Gasteiger partial charge < -0.3 is 0 Å². The number of nitro benzene ring substituents is 2. The summed E-state index contributed by atoms with van der Waals surface area (Å²) in [6.45, 7) is 8.93. The number of hydrazone groups is 1. The number of hydrogen-bond donors (Lipinski definition) is 1. The highest BCUT2D eigenvalue weighted by atomic mass is 16.6. The van der Waals surface area contributed by atoms with Gasteiger partial charge in [-0.15, -0.1) is 0 Å². The van der Waals surface area contributed by atoms with Crippen LogP contribution in [-0.4, -0.2) is 15.6 Å². The minimum atomic E-state index is -0.644. The molecular weight excluding hydrogens is 348 g/mol. The van der Waals surface area contributed by atoms with Gasteiger partial charge in [0.2, 0.25) is 0 Å². The maximum Gasteiger partial charge on any atom is 0.301 e. The zero-order valence-corrected chi connectivity index (χ0v) is 16.4. The Morgan fingerprint density at radius 1 is 1.26 bits per heavy atom. The second-order valence-electron chi connectivity index (χ2n) is 8.10. The Balaban J connectivity index is 2.31. The van der Waals surface area contributed by atoms with Crippen molar-refractivity contribution in [3.8, 4) is 0 Å². The van der Waals surface area contributed by atoms with Crippen molar-refractivity contribution in [1.82, 2.24) is 0 Å². The zero-order valence-electron chi connectivity index (χ0n) is 16.4. The van der Waals surface area contributed by atoms with E-state index in [0.717, 1.165) is 43.9 Å². The SMILES string of the molecule is CCCC(C)(C)C1CC(C)CC/C1=N/Nc1ccc([N+](=O)[O-])cc1[N+](=O)[O-]. The van der Waals surface area contributed by atoms with Crippen LogP contribution in [0, 0.1) is 37.5 Å². The van der Waals surface area contributed by atoms with Crippen LogP contribution in [-0.2, 0) is 0 Å². The first-order chi connectivity index (χ1) is 12.7. The second kappa shape index (κ2) is 8.45. The predicted molar refractivity (Wildman–Crippen MR) is 106 cm³/mol. The Morgan fingerprint density at radius 3 is 2.56 bits per heavy atom. The molecule has 148 valence electrons. The lowest BCUT2D eigenvalue weighted by Crippen LogP contribution is -2.36. The van der Waals surface area contributed by atoms with Crippen LogP contribution in [0.2, 0.25) is 0 Å². The molecule has 0 bridgehead atoms. The molecule has 1 aromatic rings. The number of nitrogens with zero attached hydrogens (tertiary/aromatic N) is 3. The molecule has 0 radical (unpaired) electrons. The molecule has 1 aliphatic carbocycles. The van der Waals surface area contributed by atoms with E-state index < -0.39 is 9.85 Å². The summed E-state index contributed by atoms with van der Waals surface area (Å²) in [6.07, 6.45) is 5.12. The van der Waals surface area contributed by atoms with E-state index >= 15 is 0 Å². The summed E-state index contributed by atoms with van der Waals surface area (Å²) in [6, 6.07) is 3.55. The Kier molecular flexibility index (Phi) is 6.51. The fraction of sp³-hybridized carbons (Fsp3) is 0.632. The van der Waals surface area contributed by atoms with Gasteiger partial charge in [0.15, 0.2) is 0 Å².